The average Bonchev–Trinajstić information content (AvgIpc) is 2.85. The molecular formula is C12H13N5S. The van der Waals surface area contributed by atoms with Crippen molar-refractivity contribution in [1.82, 2.24) is 9.97 Å². The Labute approximate surface area is 109 Å². The molecule has 0 saturated carbocycles. The maximum Gasteiger partial charge on any atom is 0.149 e. The molecule has 5 nitrogen and oxygen atoms in total. The molecule has 0 bridgehead atoms. The van der Waals surface area contributed by atoms with Gasteiger partial charge < -0.3 is 11.1 Å². The van der Waals surface area contributed by atoms with Crippen molar-refractivity contribution in [2.24, 2.45) is 0 Å². The first-order valence-electron chi connectivity index (χ1n) is 5.56. The normalized spacial score (nSPS) is 10.0. The number of rotatable bonds is 4. The van der Waals surface area contributed by atoms with E-state index in [-0.39, 0.29) is 0 Å². The molecule has 0 aromatic carbocycles. The van der Waals surface area contributed by atoms with Crippen LogP contribution in [0.15, 0.2) is 18.5 Å². The van der Waals surface area contributed by atoms with Crippen molar-refractivity contribution in [2.45, 2.75) is 19.9 Å². The van der Waals surface area contributed by atoms with Gasteiger partial charge in [0.1, 0.15) is 16.9 Å². The number of nitrogen functional groups attached to an aromatic ring is 1. The highest BCUT2D eigenvalue weighted by Crippen LogP contribution is 2.19. The van der Waals surface area contributed by atoms with Gasteiger partial charge >= 0.3 is 0 Å². The fraction of sp³-hybridized carbons (Fsp3) is 0.250. The first-order chi connectivity index (χ1) is 8.72. The van der Waals surface area contributed by atoms with E-state index in [2.05, 4.69) is 22.2 Å². The van der Waals surface area contributed by atoms with Crippen molar-refractivity contribution in [3.8, 4) is 6.07 Å². The van der Waals surface area contributed by atoms with Gasteiger partial charge in [0.15, 0.2) is 0 Å². The standard InChI is InChI=1S/C12H13N5S/c1-2-9-6-15-11(18-9)7-17-12-10(14)3-8(4-13)5-16-12/h3,5-6H,2,7,14H2,1H3,(H,16,17). The summed E-state index contributed by atoms with van der Waals surface area (Å²) in [5.74, 6) is 0.585. The number of hydrogen-bond acceptors (Lipinski definition) is 6. The summed E-state index contributed by atoms with van der Waals surface area (Å²) < 4.78 is 0. The summed E-state index contributed by atoms with van der Waals surface area (Å²) in [5, 5.41) is 12.8. The quantitative estimate of drug-likeness (QED) is 0.878. The summed E-state index contributed by atoms with van der Waals surface area (Å²) in [6.07, 6.45) is 4.38. The maximum absolute atomic E-state index is 8.72. The van der Waals surface area contributed by atoms with Gasteiger partial charge in [-0.3, -0.25) is 0 Å². The topological polar surface area (TPSA) is 87.6 Å². The molecule has 3 N–H and O–H groups in total. The van der Waals surface area contributed by atoms with Crippen LogP contribution in [-0.4, -0.2) is 9.97 Å². The maximum atomic E-state index is 8.72. The highest BCUT2D eigenvalue weighted by molar-refractivity contribution is 7.11. The molecule has 0 amide bonds. The number of nitrogens with two attached hydrogens (primary N) is 1. The fourth-order valence-corrected chi connectivity index (χ4v) is 2.25. The highest BCUT2D eigenvalue weighted by atomic mass is 32.1. The summed E-state index contributed by atoms with van der Waals surface area (Å²) >= 11 is 1.67. The molecule has 0 radical (unpaired) electrons. The van der Waals surface area contributed by atoms with Crippen molar-refractivity contribution < 1.29 is 0 Å². The Morgan fingerprint density at radius 3 is 2.89 bits per heavy atom. The summed E-state index contributed by atoms with van der Waals surface area (Å²) in [5.41, 5.74) is 6.73. The van der Waals surface area contributed by atoms with Gasteiger partial charge in [-0.15, -0.1) is 11.3 Å². The Morgan fingerprint density at radius 2 is 2.28 bits per heavy atom. The Bertz CT molecular complexity index is 584. The molecule has 0 spiro atoms. The zero-order valence-corrected chi connectivity index (χ0v) is 10.8. The van der Waals surface area contributed by atoms with Gasteiger partial charge in [-0.05, 0) is 12.5 Å². The third kappa shape index (κ3) is 2.76. The van der Waals surface area contributed by atoms with Crippen molar-refractivity contribution in [2.75, 3.05) is 11.1 Å². The lowest BCUT2D eigenvalue weighted by molar-refractivity contribution is 1.07. The predicted octanol–water partition coefficient (Wildman–Crippen LogP) is 2.17. The first-order valence-corrected chi connectivity index (χ1v) is 6.37. The molecule has 0 fully saturated rings. The van der Waals surface area contributed by atoms with Gasteiger partial charge in [-0.1, -0.05) is 6.92 Å². The monoisotopic (exact) mass is 259 g/mol. The van der Waals surface area contributed by atoms with Crippen LogP contribution in [0.1, 0.15) is 22.4 Å². The van der Waals surface area contributed by atoms with E-state index in [1.165, 1.54) is 11.1 Å². The minimum atomic E-state index is 0.459. The van der Waals surface area contributed by atoms with E-state index in [0.29, 0.717) is 23.6 Å². The van der Waals surface area contributed by atoms with Gasteiger partial charge in [-0.2, -0.15) is 5.26 Å². The molecule has 6 heteroatoms. The number of aryl methyl sites for hydroxylation is 1. The third-order valence-electron chi connectivity index (χ3n) is 2.40. The molecule has 0 aliphatic rings. The Hall–Kier alpha value is -2.13. The number of aromatic nitrogens is 2. The number of thiazole rings is 1. The molecule has 0 aliphatic carbocycles. The number of pyridine rings is 1. The van der Waals surface area contributed by atoms with Gasteiger partial charge in [0, 0.05) is 17.3 Å². The zero-order chi connectivity index (χ0) is 13.0. The van der Waals surface area contributed by atoms with Crippen LogP contribution in [-0.2, 0) is 13.0 Å². The van der Waals surface area contributed by atoms with Crippen molar-refractivity contribution in [3.63, 3.8) is 0 Å². The van der Waals surface area contributed by atoms with Crippen LogP contribution in [0.5, 0.6) is 0 Å². The van der Waals surface area contributed by atoms with E-state index in [0.717, 1.165) is 11.4 Å². The third-order valence-corrected chi connectivity index (χ3v) is 3.54. The number of nitrogens with zero attached hydrogens (tertiary/aromatic N) is 3. The van der Waals surface area contributed by atoms with Crippen LogP contribution in [0, 0.1) is 11.3 Å². The molecule has 92 valence electrons. The number of hydrogen-bond donors (Lipinski definition) is 2. The van der Waals surface area contributed by atoms with Crippen molar-refractivity contribution in [1.29, 1.82) is 5.26 Å². The van der Waals surface area contributed by atoms with E-state index in [1.807, 2.05) is 12.3 Å². The molecule has 0 atom stereocenters. The lowest BCUT2D eigenvalue weighted by Crippen LogP contribution is -2.04. The largest absolute Gasteiger partial charge is 0.396 e. The Kier molecular flexibility index (Phi) is 3.75. The molecule has 2 aromatic heterocycles. The fourth-order valence-electron chi connectivity index (χ4n) is 1.44. The average molecular weight is 259 g/mol. The van der Waals surface area contributed by atoms with E-state index in [1.54, 1.807) is 17.4 Å². The molecule has 2 aromatic rings. The number of nitrogens with one attached hydrogen (secondary N) is 1. The number of nitriles is 1. The van der Waals surface area contributed by atoms with Crippen LogP contribution in [0.2, 0.25) is 0 Å². The molecular weight excluding hydrogens is 246 g/mol. The van der Waals surface area contributed by atoms with E-state index >= 15 is 0 Å². The minimum Gasteiger partial charge on any atom is -0.396 e. The SMILES string of the molecule is CCc1cnc(CNc2ncc(C#N)cc2N)s1. The van der Waals surface area contributed by atoms with Gasteiger partial charge in [0.05, 0.1) is 17.8 Å². The summed E-state index contributed by atoms with van der Waals surface area (Å²) in [4.78, 5) is 9.67. The van der Waals surface area contributed by atoms with E-state index in [9.17, 15) is 0 Å². The molecule has 18 heavy (non-hydrogen) atoms. The zero-order valence-electron chi connectivity index (χ0n) is 9.97. The van der Waals surface area contributed by atoms with Crippen molar-refractivity contribution in [3.05, 3.63) is 33.9 Å². The van der Waals surface area contributed by atoms with Crippen molar-refractivity contribution >= 4 is 22.8 Å². The van der Waals surface area contributed by atoms with Crippen LogP contribution in [0.4, 0.5) is 11.5 Å². The van der Waals surface area contributed by atoms with Gasteiger partial charge in [0.25, 0.3) is 0 Å². The van der Waals surface area contributed by atoms with Gasteiger partial charge in [0.2, 0.25) is 0 Å². The second-order valence-corrected chi connectivity index (χ2v) is 4.90. The Morgan fingerprint density at radius 1 is 1.44 bits per heavy atom. The molecule has 0 unspecified atom stereocenters. The van der Waals surface area contributed by atoms with Crippen LogP contribution < -0.4 is 11.1 Å². The lowest BCUT2D eigenvalue weighted by Gasteiger charge is -2.06. The van der Waals surface area contributed by atoms with Gasteiger partial charge in [-0.25, -0.2) is 9.97 Å². The van der Waals surface area contributed by atoms with Crippen LogP contribution in [0.25, 0.3) is 0 Å². The molecule has 0 aliphatic heterocycles. The molecule has 2 heterocycles. The first kappa shape index (κ1) is 12.3. The van der Waals surface area contributed by atoms with Crippen LogP contribution in [0.3, 0.4) is 0 Å². The summed E-state index contributed by atoms with van der Waals surface area (Å²) in [6.45, 7) is 2.69. The van der Waals surface area contributed by atoms with Crippen LogP contribution >= 0.6 is 11.3 Å². The second kappa shape index (κ2) is 5.47. The lowest BCUT2D eigenvalue weighted by atomic mass is 10.3. The van der Waals surface area contributed by atoms with E-state index in [4.69, 9.17) is 11.0 Å². The summed E-state index contributed by atoms with van der Waals surface area (Å²) in [6, 6.07) is 3.60. The predicted molar refractivity (Wildman–Crippen MR) is 72.2 cm³/mol. The van der Waals surface area contributed by atoms with E-state index < -0.39 is 0 Å². The Balaban J connectivity index is 2.04. The smallest absolute Gasteiger partial charge is 0.149 e. The number of anilines is 2. The minimum absolute atomic E-state index is 0.459. The second-order valence-electron chi connectivity index (χ2n) is 3.70. The highest BCUT2D eigenvalue weighted by Gasteiger charge is 2.04. The molecule has 0 saturated heterocycles. The summed E-state index contributed by atoms with van der Waals surface area (Å²) in [7, 11) is 0. The molecule has 2 rings (SSSR count).